The van der Waals surface area contributed by atoms with Gasteiger partial charge >= 0.3 is 12.0 Å². The molecule has 1 aliphatic heterocycles. The van der Waals surface area contributed by atoms with E-state index in [1.807, 2.05) is 0 Å². The number of rotatable bonds is 2. The van der Waals surface area contributed by atoms with Crippen LogP contribution in [-0.4, -0.2) is 45.8 Å². The molecule has 0 bridgehead atoms. The Balaban J connectivity index is 2.15. The maximum absolute atomic E-state index is 13.1. The number of aliphatic hydroxyl groups excluding tert-OH is 1. The van der Waals surface area contributed by atoms with Crippen molar-refractivity contribution in [3.8, 4) is 0 Å². The molecule has 0 aliphatic carbocycles. The van der Waals surface area contributed by atoms with Gasteiger partial charge in [0.15, 0.2) is 0 Å². The van der Waals surface area contributed by atoms with Crippen LogP contribution in [0.3, 0.4) is 0 Å². The number of nitrogens with zero attached hydrogens (tertiary/aromatic N) is 1. The summed E-state index contributed by atoms with van der Waals surface area (Å²) in [5, 5.41) is 21.0. The van der Waals surface area contributed by atoms with Crippen LogP contribution in [0.5, 0.6) is 0 Å². The van der Waals surface area contributed by atoms with Crippen molar-refractivity contribution in [1.29, 1.82) is 0 Å². The van der Waals surface area contributed by atoms with Crippen LogP contribution in [0.4, 0.5) is 14.9 Å². The van der Waals surface area contributed by atoms with E-state index in [1.165, 1.54) is 12.1 Å². The van der Waals surface area contributed by atoms with Crippen LogP contribution in [0.15, 0.2) is 18.2 Å². The van der Waals surface area contributed by atoms with Gasteiger partial charge in [0.05, 0.1) is 6.10 Å². The zero-order chi connectivity index (χ0) is 14.9. The summed E-state index contributed by atoms with van der Waals surface area (Å²) in [5.41, 5.74) is 0.937. The summed E-state index contributed by atoms with van der Waals surface area (Å²) in [6.07, 6.45) is -0.874. The fourth-order valence-electron chi connectivity index (χ4n) is 2.19. The van der Waals surface area contributed by atoms with Crippen LogP contribution in [0.2, 0.25) is 0 Å². The molecule has 7 heteroatoms. The van der Waals surface area contributed by atoms with Crippen LogP contribution in [-0.2, 0) is 4.79 Å². The molecule has 20 heavy (non-hydrogen) atoms. The SMILES string of the molecule is Cc1ccc(F)cc1NC(=O)N1C[C@H](O)C[C@@H]1C(=O)O. The van der Waals surface area contributed by atoms with Gasteiger partial charge < -0.3 is 20.4 Å². The lowest BCUT2D eigenvalue weighted by Gasteiger charge is -2.22. The summed E-state index contributed by atoms with van der Waals surface area (Å²) in [5.74, 6) is -1.67. The number of β-amino-alcohol motifs (C(OH)–C–C–N with tert-alkyl or cyclic N) is 1. The van der Waals surface area contributed by atoms with Gasteiger partial charge in [-0.2, -0.15) is 0 Å². The van der Waals surface area contributed by atoms with Crippen molar-refractivity contribution >= 4 is 17.7 Å². The van der Waals surface area contributed by atoms with E-state index in [1.54, 1.807) is 6.92 Å². The Labute approximate surface area is 114 Å². The van der Waals surface area contributed by atoms with Crippen LogP contribution in [0.1, 0.15) is 12.0 Å². The Morgan fingerprint density at radius 1 is 1.45 bits per heavy atom. The number of nitrogens with one attached hydrogen (secondary N) is 1. The third-order valence-electron chi connectivity index (χ3n) is 3.27. The van der Waals surface area contributed by atoms with E-state index >= 15 is 0 Å². The number of urea groups is 1. The van der Waals surface area contributed by atoms with Crippen LogP contribution < -0.4 is 5.32 Å². The molecular weight excluding hydrogens is 267 g/mol. The second kappa shape index (κ2) is 5.46. The van der Waals surface area contributed by atoms with Gasteiger partial charge in [-0.15, -0.1) is 0 Å². The number of anilines is 1. The van der Waals surface area contributed by atoms with E-state index in [0.29, 0.717) is 5.56 Å². The molecule has 1 aromatic rings. The number of likely N-dealkylation sites (tertiary alicyclic amines) is 1. The van der Waals surface area contributed by atoms with E-state index < -0.39 is 30.0 Å². The minimum Gasteiger partial charge on any atom is -0.480 e. The number of carbonyl (C=O) groups excluding carboxylic acids is 1. The quantitative estimate of drug-likeness (QED) is 0.760. The summed E-state index contributed by atoms with van der Waals surface area (Å²) in [4.78, 5) is 24.1. The second-order valence-electron chi connectivity index (χ2n) is 4.79. The van der Waals surface area contributed by atoms with Crippen molar-refractivity contribution in [1.82, 2.24) is 4.90 Å². The second-order valence-corrected chi connectivity index (χ2v) is 4.79. The molecule has 0 radical (unpaired) electrons. The molecule has 108 valence electrons. The molecule has 0 unspecified atom stereocenters. The zero-order valence-electron chi connectivity index (χ0n) is 10.8. The first-order valence-electron chi connectivity index (χ1n) is 6.13. The van der Waals surface area contributed by atoms with Crippen LogP contribution >= 0.6 is 0 Å². The number of aryl methyl sites for hydroxylation is 1. The molecule has 0 aromatic heterocycles. The van der Waals surface area contributed by atoms with Crippen molar-refractivity contribution in [3.63, 3.8) is 0 Å². The first-order chi connectivity index (χ1) is 9.38. The maximum Gasteiger partial charge on any atom is 0.326 e. The summed E-state index contributed by atoms with van der Waals surface area (Å²) in [6.45, 7) is 1.64. The number of aliphatic hydroxyl groups is 1. The molecule has 1 aromatic carbocycles. The van der Waals surface area contributed by atoms with E-state index in [4.69, 9.17) is 5.11 Å². The molecule has 1 fully saturated rings. The van der Waals surface area contributed by atoms with Gasteiger partial charge in [-0.3, -0.25) is 0 Å². The largest absolute Gasteiger partial charge is 0.480 e. The molecule has 2 rings (SSSR count). The third kappa shape index (κ3) is 2.88. The van der Waals surface area contributed by atoms with E-state index in [9.17, 15) is 19.1 Å². The lowest BCUT2D eigenvalue weighted by atomic mass is 10.2. The Morgan fingerprint density at radius 3 is 2.80 bits per heavy atom. The van der Waals surface area contributed by atoms with Gasteiger partial charge in [0, 0.05) is 18.7 Å². The highest BCUT2D eigenvalue weighted by molar-refractivity contribution is 5.93. The van der Waals surface area contributed by atoms with Crippen molar-refractivity contribution in [2.45, 2.75) is 25.5 Å². The monoisotopic (exact) mass is 282 g/mol. The Morgan fingerprint density at radius 2 is 2.15 bits per heavy atom. The summed E-state index contributed by atoms with van der Waals surface area (Å²) >= 11 is 0. The number of hydrogen-bond acceptors (Lipinski definition) is 3. The van der Waals surface area contributed by atoms with Gasteiger partial charge in [-0.1, -0.05) is 6.07 Å². The molecule has 0 saturated carbocycles. The summed E-state index contributed by atoms with van der Waals surface area (Å²) in [7, 11) is 0. The molecular formula is C13H15FN2O4. The number of carboxylic acids is 1. The van der Waals surface area contributed by atoms with Crippen molar-refractivity contribution in [3.05, 3.63) is 29.6 Å². The average Bonchev–Trinajstić information content (AvgIpc) is 2.76. The van der Waals surface area contributed by atoms with Gasteiger partial charge in [0.1, 0.15) is 11.9 Å². The molecule has 2 atom stereocenters. The Kier molecular flexibility index (Phi) is 3.89. The normalized spacial score (nSPS) is 21.9. The lowest BCUT2D eigenvalue weighted by Crippen LogP contribution is -2.43. The van der Waals surface area contributed by atoms with Crippen molar-refractivity contribution in [2.24, 2.45) is 0 Å². The maximum atomic E-state index is 13.1. The number of carboxylic acid groups (broad SMARTS) is 1. The molecule has 2 amide bonds. The number of carbonyl (C=O) groups is 2. The highest BCUT2D eigenvalue weighted by Crippen LogP contribution is 2.21. The van der Waals surface area contributed by atoms with Gasteiger partial charge in [-0.25, -0.2) is 14.0 Å². The predicted molar refractivity (Wildman–Crippen MR) is 68.9 cm³/mol. The summed E-state index contributed by atoms with van der Waals surface area (Å²) < 4.78 is 13.1. The molecule has 6 nitrogen and oxygen atoms in total. The number of amides is 2. The molecule has 1 aliphatic rings. The van der Waals surface area contributed by atoms with Gasteiger partial charge in [0.25, 0.3) is 0 Å². The Hall–Kier alpha value is -2.15. The highest BCUT2D eigenvalue weighted by Gasteiger charge is 2.39. The summed E-state index contributed by atoms with van der Waals surface area (Å²) in [6, 6.07) is 2.21. The van der Waals surface area contributed by atoms with Gasteiger partial charge in [-0.05, 0) is 24.6 Å². The number of aliphatic carboxylic acids is 1. The van der Waals surface area contributed by atoms with Crippen LogP contribution in [0, 0.1) is 12.7 Å². The molecule has 1 saturated heterocycles. The first-order valence-corrected chi connectivity index (χ1v) is 6.13. The smallest absolute Gasteiger partial charge is 0.326 e. The number of hydrogen-bond donors (Lipinski definition) is 3. The Bertz CT molecular complexity index is 549. The van der Waals surface area contributed by atoms with E-state index in [0.717, 1.165) is 11.0 Å². The molecule has 0 spiro atoms. The fraction of sp³-hybridized carbons (Fsp3) is 0.385. The standard InChI is InChI=1S/C13H15FN2O4/c1-7-2-3-8(14)4-10(7)15-13(20)16-6-9(17)5-11(16)12(18)19/h2-4,9,11,17H,5-6H2,1H3,(H,15,20)(H,18,19)/t9-,11-/m1/s1. The van der Waals surface area contributed by atoms with Crippen molar-refractivity contribution < 1.29 is 24.2 Å². The predicted octanol–water partition coefficient (Wildman–Crippen LogP) is 1.19. The van der Waals surface area contributed by atoms with Crippen LogP contribution in [0.25, 0.3) is 0 Å². The molecule has 3 N–H and O–H groups in total. The molecule has 1 heterocycles. The zero-order valence-corrected chi connectivity index (χ0v) is 10.8. The van der Waals surface area contributed by atoms with E-state index in [-0.39, 0.29) is 18.7 Å². The number of benzene rings is 1. The topological polar surface area (TPSA) is 89.9 Å². The average molecular weight is 282 g/mol. The number of halogens is 1. The third-order valence-corrected chi connectivity index (χ3v) is 3.27. The fourth-order valence-corrected chi connectivity index (χ4v) is 2.19. The van der Waals surface area contributed by atoms with Gasteiger partial charge in [0.2, 0.25) is 0 Å². The highest BCUT2D eigenvalue weighted by atomic mass is 19.1. The van der Waals surface area contributed by atoms with Crippen molar-refractivity contribution in [2.75, 3.05) is 11.9 Å². The lowest BCUT2D eigenvalue weighted by molar-refractivity contribution is -0.141. The van der Waals surface area contributed by atoms with E-state index in [2.05, 4.69) is 5.32 Å². The minimum absolute atomic E-state index is 0.00904. The first kappa shape index (κ1) is 14.3. The minimum atomic E-state index is -1.17.